The second-order valence-corrected chi connectivity index (χ2v) is 5.50. The summed E-state index contributed by atoms with van der Waals surface area (Å²) in [6.45, 7) is 7.52. The smallest absolute Gasteiger partial charge is 0.0760 e. The van der Waals surface area contributed by atoms with Gasteiger partial charge in [-0.3, -0.25) is 4.98 Å². The third-order valence-electron chi connectivity index (χ3n) is 2.51. The van der Waals surface area contributed by atoms with Gasteiger partial charge in [-0.15, -0.1) is 0 Å². The van der Waals surface area contributed by atoms with E-state index in [4.69, 9.17) is 23.2 Å². The van der Waals surface area contributed by atoms with Crippen LogP contribution in [0.3, 0.4) is 0 Å². The number of nitrogens with zero attached hydrogens (tertiary/aromatic N) is 1. The monoisotopic (exact) mass is 274 g/mol. The number of nitrogens with one attached hydrogen (secondary N) is 1. The van der Waals surface area contributed by atoms with Gasteiger partial charge < -0.3 is 5.32 Å². The van der Waals surface area contributed by atoms with Crippen molar-refractivity contribution in [2.45, 2.75) is 39.7 Å². The van der Waals surface area contributed by atoms with Gasteiger partial charge in [-0.05, 0) is 31.4 Å². The molecule has 0 amide bonds. The number of pyridine rings is 1. The summed E-state index contributed by atoms with van der Waals surface area (Å²) in [5.41, 5.74) is 0.901. The van der Waals surface area contributed by atoms with E-state index < -0.39 is 0 Å². The number of halogens is 2. The molecule has 1 N–H and O–H groups in total. The van der Waals surface area contributed by atoms with Crippen molar-refractivity contribution in [2.75, 3.05) is 6.54 Å². The minimum atomic E-state index is 0.208. The van der Waals surface area contributed by atoms with Gasteiger partial charge in [-0.1, -0.05) is 44.0 Å². The maximum Gasteiger partial charge on any atom is 0.0760 e. The molecular formula is C13H20Cl2N2. The Hall–Kier alpha value is -0.310. The molecule has 0 saturated heterocycles. The molecule has 2 nitrogen and oxygen atoms in total. The van der Waals surface area contributed by atoms with Gasteiger partial charge >= 0.3 is 0 Å². The minimum absolute atomic E-state index is 0.208. The van der Waals surface area contributed by atoms with Crippen LogP contribution in [0.25, 0.3) is 0 Å². The summed E-state index contributed by atoms with van der Waals surface area (Å²) in [5, 5.41) is 4.71. The van der Waals surface area contributed by atoms with Crippen LogP contribution in [0.4, 0.5) is 0 Å². The summed E-state index contributed by atoms with van der Waals surface area (Å²) in [6.07, 6.45) is 3.78. The van der Waals surface area contributed by atoms with Crippen molar-refractivity contribution >= 4 is 23.2 Å². The third kappa shape index (κ3) is 4.82. The summed E-state index contributed by atoms with van der Waals surface area (Å²) < 4.78 is 0. The van der Waals surface area contributed by atoms with Gasteiger partial charge in [0.25, 0.3) is 0 Å². The Morgan fingerprint density at radius 1 is 1.35 bits per heavy atom. The molecule has 0 aliphatic carbocycles. The normalized spacial score (nSPS) is 13.1. The first-order valence-corrected chi connectivity index (χ1v) is 6.84. The van der Waals surface area contributed by atoms with Crippen LogP contribution >= 0.6 is 23.2 Å². The molecule has 4 heteroatoms. The summed E-state index contributed by atoms with van der Waals surface area (Å²) in [7, 11) is 0. The average Bonchev–Trinajstić information content (AvgIpc) is 2.24. The van der Waals surface area contributed by atoms with Crippen LogP contribution < -0.4 is 5.32 Å². The standard InChI is InChI=1S/C13H20Cl2N2/c1-4-5-16-12(6-9(2)3)13-11(15)7-10(14)8-17-13/h7-9,12,16H,4-6H2,1-3H3. The predicted octanol–water partition coefficient (Wildman–Crippen LogP) is 4.48. The van der Waals surface area contributed by atoms with Crippen LogP contribution in [0, 0.1) is 5.92 Å². The Kier molecular flexibility index (Phi) is 6.24. The highest BCUT2D eigenvalue weighted by Gasteiger charge is 2.17. The molecule has 1 rings (SSSR count). The molecule has 0 saturated carbocycles. The van der Waals surface area contributed by atoms with Crippen molar-refractivity contribution < 1.29 is 0 Å². The van der Waals surface area contributed by atoms with Crippen molar-refractivity contribution in [1.29, 1.82) is 0 Å². The number of aromatic nitrogens is 1. The average molecular weight is 275 g/mol. The zero-order valence-corrected chi connectivity index (χ0v) is 12.1. The topological polar surface area (TPSA) is 24.9 Å². The number of hydrogen-bond donors (Lipinski definition) is 1. The molecule has 0 fully saturated rings. The van der Waals surface area contributed by atoms with Crippen molar-refractivity contribution in [3.8, 4) is 0 Å². The maximum absolute atomic E-state index is 6.20. The van der Waals surface area contributed by atoms with Gasteiger partial charge in [0.1, 0.15) is 0 Å². The lowest BCUT2D eigenvalue weighted by Gasteiger charge is -2.21. The van der Waals surface area contributed by atoms with Gasteiger partial charge in [0.15, 0.2) is 0 Å². The highest BCUT2D eigenvalue weighted by atomic mass is 35.5. The molecule has 0 aromatic carbocycles. The first kappa shape index (κ1) is 14.7. The second-order valence-electron chi connectivity index (χ2n) is 4.66. The fourth-order valence-corrected chi connectivity index (χ4v) is 2.27. The Morgan fingerprint density at radius 2 is 2.06 bits per heavy atom. The zero-order chi connectivity index (χ0) is 12.8. The Balaban J connectivity index is 2.86. The van der Waals surface area contributed by atoms with E-state index in [0.717, 1.165) is 25.1 Å². The van der Waals surface area contributed by atoms with E-state index in [1.807, 2.05) is 0 Å². The molecular weight excluding hydrogens is 255 g/mol. The van der Waals surface area contributed by atoms with E-state index in [-0.39, 0.29) is 6.04 Å². The molecule has 0 spiro atoms. The molecule has 1 heterocycles. The quantitative estimate of drug-likeness (QED) is 0.828. The maximum atomic E-state index is 6.20. The van der Waals surface area contributed by atoms with Crippen LogP contribution in [0.15, 0.2) is 12.3 Å². The van der Waals surface area contributed by atoms with E-state index in [9.17, 15) is 0 Å². The SMILES string of the molecule is CCCNC(CC(C)C)c1ncc(Cl)cc1Cl. The Bertz CT molecular complexity index is 353. The van der Waals surface area contributed by atoms with Gasteiger partial charge in [-0.2, -0.15) is 0 Å². The van der Waals surface area contributed by atoms with Crippen LogP contribution in [-0.4, -0.2) is 11.5 Å². The van der Waals surface area contributed by atoms with Crippen LogP contribution in [0.5, 0.6) is 0 Å². The third-order valence-corrected chi connectivity index (χ3v) is 3.02. The molecule has 1 atom stereocenters. The summed E-state index contributed by atoms with van der Waals surface area (Å²) >= 11 is 12.1. The van der Waals surface area contributed by atoms with Crippen LogP contribution in [-0.2, 0) is 0 Å². The van der Waals surface area contributed by atoms with Gasteiger partial charge in [0.2, 0.25) is 0 Å². The Labute approximate surface area is 114 Å². The second kappa shape index (κ2) is 7.20. The number of hydrogen-bond acceptors (Lipinski definition) is 2. The molecule has 1 aromatic rings. The summed E-state index contributed by atoms with van der Waals surface area (Å²) in [5.74, 6) is 0.595. The van der Waals surface area contributed by atoms with E-state index in [2.05, 4.69) is 31.1 Å². The van der Waals surface area contributed by atoms with Crippen molar-refractivity contribution in [3.05, 3.63) is 28.0 Å². The van der Waals surface area contributed by atoms with Crippen molar-refractivity contribution in [2.24, 2.45) is 5.92 Å². The Morgan fingerprint density at radius 3 is 2.59 bits per heavy atom. The molecule has 17 heavy (non-hydrogen) atoms. The molecule has 0 aliphatic heterocycles. The lowest BCUT2D eigenvalue weighted by atomic mass is 10.0. The highest BCUT2D eigenvalue weighted by Crippen LogP contribution is 2.27. The van der Waals surface area contributed by atoms with E-state index in [1.54, 1.807) is 12.3 Å². The highest BCUT2D eigenvalue weighted by molar-refractivity contribution is 6.34. The van der Waals surface area contributed by atoms with Crippen molar-refractivity contribution in [1.82, 2.24) is 10.3 Å². The molecule has 0 radical (unpaired) electrons. The fraction of sp³-hybridized carbons (Fsp3) is 0.615. The molecule has 1 unspecified atom stereocenters. The molecule has 0 bridgehead atoms. The minimum Gasteiger partial charge on any atom is -0.309 e. The fourth-order valence-electron chi connectivity index (χ4n) is 1.76. The summed E-state index contributed by atoms with van der Waals surface area (Å²) in [6, 6.07) is 1.96. The van der Waals surface area contributed by atoms with Gasteiger partial charge in [-0.25, -0.2) is 0 Å². The molecule has 96 valence electrons. The van der Waals surface area contributed by atoms with Gasteiger partial charge in [0, 0.05) is 6.20 Å². The first-order chi connectivity index (χ1) is 8.04. The first-order valence-electron chi connectivity index (χ1n) is 6.09. The molecule has 1 aromatic heterocycles. The van der Waals surface area contributed by atoms with Gasteiger partial charge in [0.05, 0.1) is 21.8 Å². The zero-order valence-electron chi connectivity index (χ0n) is 10.6. The van der Waals surface area contributed by atoms with E-state index >= 15 is 0 Å². The van der Waals surface area contributed by atoms with Crippen molar-refractivity contribution in [3.63, 3.8) is 0 Å². The number of rotatable bonds is 6. The molecule has 0 aliphatic rings. The van der Waals surface area contributed by atoms with E-state index in [0.29, 0.717) is 16.0 Å². The van der Waals surface area contributed by atoms with Crippen LogP contribution in [0.2, 0.25) is 10.0 Å². The lowest BCUT2D eigenvalue weighted by Crippen LogP contribution is -2.24. The predicted molar refractivity (Wildman–Crippen MR) is 74.7 cm³/mol. The lowest BCUT2D eigenvalue weighted by molar-refractivity contribution is 0.423. The largest absolute Gasteiger partial charge is 0.309 e. The van der Waals surface area contributed by atoms with Crippen LogP contribution in [0.1, 0.15) is 45.3 Å². The van der Waals surface area contributed by atoms with E-state index in [1.165, 1.54) is 0 Å². The summed E-state index contributed by atoms with van der Waals surface area (Å²) in [4.78, 5) is 4.36.